The van der Waals surface area contributed by atoms with Crippen molar-refractivity contribution in [1.82, 2.24) is 15.2 Å². The van der Waals surface area contributed by atoms with Crippen LogP contribution in [0.1, 0.15) is 36.0 Å². The van der Waals surface area contributed by atoms with Gasteiger partial charge < -0.3 is 10.4 Å². The highest BCUT2D eigenvalue weighted by Gasteiger charge is 2.20. The smallest absolute Gasteiger partial charge is 0.251 e. The van der Waals surface area contributed by atoms with Crippen LogP contribution in [0.15, 0.2) is 42.7 Å². The number of amides is 1. The van der Waals surface area contributed by atoms with E-state index in [1.54, 1.807) is 30.3 Å². The third-order valence-electron chi connectivity index (χ3n) is 5.08. The molecule has 1 aliphatic heterocycles. The molecule has 1 aromatic heterocycles. The molecule has 2 heterocycles. The first-order chi connectivity index (χ1) is 13.2. The molecule has 1 unspecified atom stereocenters. The van der Waals surface area contributed by atoms with Crippen LogP contribution < -0.4 is 5.32 Å². The predicted octanol–water partition coefficient (Wildman–Crippen LogP) is 2.85. The Bertz CT molecular complexity index is 769. The summed E-state index contributed by atoms with van der Waals surface area (Å²) in [4.78, 5) is 18.5. The van der Waals surface area contributed by atoms with Gasteiger partial charge in [0.25, 0.3) is 5.91 Å². The van der Waals surface area contributed by atoms with E-state index >= 15 is 0 Å². The molecule has 2 aromatic rings. The van der Waals surface area contributed by atoms with E-state index in [0.717, 1.165) is 25.9 Å². The van der Waals surface area contributed by atoms with Gasteiger partial charge in [-0.3, -0.25) is 14.7 Å². The van der Waals surface area contributed by atoms with Gasteiger partial charge in [-0.2, -0.15) is 0 Å². The van der Waals surface area contributed by atoms with Crippen molar-refractivity contribution in [3.05, 3.63) is 54.1 Å². The van der Waals surface area contributed by atoms with Gasteiger partial charge in [0.1, 0.15) is 5.82 Å². The second-order valence-electron chi connectivity index (χ2n) is 6.91. The van der Waals surface area contributed by atoms with Crippen molar-refractivity contribution in [2.45, 2.75) is 31.7 Å². The van der Waals surface area contributed by atoms with Crippen LogP contribution in [0.3, 0.4) is 0 Å². The van der Waals surface area contributed by atoms with Crippen molar-refractivity contribution in [3.63, 3.8) is 0 Å². The maximum atomic E-state index is 13.9. The lowest BCUT2D eigenvalue weighted by molar-refractivity contribution is 0.0868. The first-order valence-electron chi connectivity index (χ1n) is 9.52. The van der Waals surface area contributed by atoms with Crippen molar-refractivity contribution in [1.29, 1.82) is 0 Å². The maximum Gasteiger partial charge on any atom is 0.251 e. The molecular formula is C21H26FN3O2. The van der Waals surface area contributed by atoms with E-state index in [2.05, 4.69) is 15.2 Å². The quantitative estimate of drug-likeness (QED) is 0.735. The molecule has 1 aliphatic rings. The molecule has 3 rings (SSSR count). The number of aliphatic hydroxyl groups is 1. The minimum atomic E-state index is -0.407. The zero-order valence-electron chi connectivity index (χ0n) is 15.4. The maximum absolute atomic E-state index is 13.9. The minimum absolute atomic E-state index is 0.163. The highest BCUT2D eigenvalue weighted by molar-refractivity contribution is 5.95. The fraction of sp³-hybridized carbons (Fsp3) is 0.429. The minimum Gasteiger partial charge on any atom is -0.395 e. The summed E-state index contributed by atoms with van der Waals surface area (Å²) in [7, 11) is 0. The van der Waals surface area contributed by atoms with Crippen LogP contribution in [0.2, 0.25) is 0 Å². The average molecular weight is 371 g/mol. The van der Waals surface area contributed by atoms with Gasteiger partial charge in [0, 0.05) is 36.5 Å². The summed E-state index contributed by atoms with van der Waals surface area (Å²) in [5.41, 5.74) is 1.59. The molecule has 144 valence electrons. The van der Waals surface area contributed by atoms with E-state index in [1.807, 2.05) is 0 Å². The van der Waals surface area contributed by atoms with E-state index in [4.69, 9.17) is 0 Å². The third kappa shape index (κ3) is 5.11. The van der Waals surface area contributed by atoms with Crippen LogP contribution in [-0.2, 0) is 0 Å². The third-order valence-corrected chi connectivity index (χ3v) is 5.08. The Morgan fingerprint density at radius 1 is 1.33 bits per heavy atom. The zero-order chi connectivity index (χ0) is 19.1. The Morgan fingerprint density at radius 3 is 3.04 bits per heavy atom. The number of piperidine rings is 1. The lowest BCUT2D eigenvalue weighted by atomic mass is 10.0. The molecule has 27 heavy (non-hydrogen) atoms. The Hall–Kier alpha value is -2.31. The highest BCUT2D eigenvalue weighted by atomic mass is 19.1. The predicted molar refractivity (Wildman–Crippen MR) is 103 cm³/mol. The standard InChI is InChI=1S/C21H26FN3O2/c22-20-14-23-10-8-19(20)16-5-3-6-17(13-16)21(27)24-9-4-12-25-11-2-1-7-18(25)15-26/h3,5-6,8,10,13-14,18,26H,1-2,4,7,9,11-12,15H2,(H,24,27). The van der Waals surface area contributed by atoms with Gasteiger partial charge in [-0.25, -0.2) is 4.39 Å². The molecule has 0 saturated carbocycles. The number of aliphatic hydroxyl groups excluding tert-OH is 1. The van der Waals surface area contributed by atoms with Crippen molar-refractivity contribution in [2.24, 2.45) is 0 Å². The van der Waals surface area contributed by atoms with Crippen LogP contribution in [0.25, 0.3) is 11.1 Å². The summed E-state index contributed by atoms with van der Waals surface area (Å²) < 4.78 is 13.9. The molecule has 0 bridgehead atoms. The number of aromatic nitrogens is 1. The average Bonchev–Trinajstić information content (AvgIpc) is 2.71. The molecule has 0 radical (unpaired) electrons. The van der Waals surface area contributed by atoms with Gasteiger partial charge in [0.15, 0.2) is 0 Å². The number of nitrogens with one attached hydrogen (secondary N) is 1. The Kier molecular flexibility index (Phi) is 6.90. The van der Waals surface area contributed by atoms with Crippen LogP contribution in [0, 0.1) is 5.82 Å². The van der Waals surface area contributed by atoms with Crippen LogP contribution in [0.4, 0.5) is 4.39 Å². The molecular weight excluding hydrogens is 345 g/mol. The summed E-state index contributed by atoms with van der Waals surface area (Å²) in [6.45, 7) is 2.65. The number of rotatable bonds is 7. The fourth-order valence-corrected chi connectivity index (χ4v) is 3.58. The normalized spacial score (nSPS) is 17.6. The number of carbonyl (C=O) groups excluding carboxylic acids is 1. The van der Waals surface area contributed by atoms with Gasteiger partial charge in [0.05, 0.1) is 12.8 Å². The molecule has 1 atom stereocenters. The number of hydrogen-bond donors (Lipinski definition) is 2. The van der Waals surface area contributed by atoms with Crippen molar-refractivity contribution >= 4 is 5.91 Å². The molecule has 2 N–H and O–H groups in total. The number of carbonyl (C=O) groups is 1. The summed E-state index contributed by atoms with van der Waals surface area (Å²) in [6, 6.07) is 8.80. The first kappa shape index (κ1) is 19.5. The SMILES string of the molecule is O=C(NCCCN1CCCCC1CO)c1cccc(-c2ccncc2F)c1. The number of pyridine rings is 1. The Morgan fingerprint density at radius 2 is 2.22 bits per heavy atom. The van der Waals surface area contributed by atoms with E-state index in [1.165, 1.54) is 25.2 Å². The van der Waals surface area contributed by atoms with E-state index in [0.29, 0.717) is 23.2 Å². The Balaban J connectivity index is 1.53. The van der Waals surface area contributed by atoms with Crippen LogP contribution in [0.5, 0.6) is 0 Å². The molecule has 1 fully saturated rings. The van der Waals surface area contributed by atoms with E-state index in [9.17, 15) is 14.3 Å². The van der Waals surface area contributed by atoms with Crippen molar-refractivity contribution in [2.75, 3.05) is 26.2 Å². The molecule has 0 spiro atoms. The number of likely N-dealkylation sites (tertiary alicyclic amines) is 1. The first-order valence-corrected chi connectivity index (χ1v) is 9.52. The van der Waals surface area contributed by atoms with E-state index < -0.39 is 5.82 Å². The molecule has 1 aromatic carbocycles. The summed E-state index contributed by atoms with van der Waals surface area (Å²) in [5, 5.41) is 12.4. The van der Waals surface area contributed by atoms with Gasteiger partial charge in [-0.1, -0.05) is 18.6 Å². The van der Waals surface area contributed by atoms with Gasteiger partial charge >= 0.3 is 0 Å². The molecule has 1 amide bonds. The highest BCUT2D eigenvalue weighted by Crippen LogP contribution is 2.22. The lowest BCUT2D eigenvalue weighted by Crippen LogP contribution is -2.43. The van der Waals surface area contributed by atoms with Gasteiger partial charge in [-0.15, -0.1) is 0 Å². The largest absolute Gasteiger partial charge is 0.395 e. The zero-order valence-corrected chi connectivity index (χ0v) is 15.4. The monoisotopic (exact) mass is 371 g/mol. The number of hydrogen-bond acceptors (Lipinski definition) is 4. The topological polar surface area (TPSA) is 65.5 Å². The van der Waals surface area contributed by atoms with Crippen LogP contribution in [-0.4, -0.2) is 53.2 Å². The number of nitrogens with zero attached hydrogens (tertiary/aromatic N) is 2. The molecule has 6 heteroatoms. The fourth-order valence-electron chi connectivity index (χ4n) is 3.58. The second-order valence-corrected chi connectivity index (χ2v) is 6.91. The van der Waals surface area contributed by atoms with Gasteiger partial charge in [0.2, 0.25) is 0 Å². The second kappa shape index (κ2) is 9.58. The van der Waals surface area contributed by atoms with Crippen molar-refractivity contribution < 1.29 is 14.3 Å². The van der Waals surface area contributed by atoms with E-state index in [-0.39, 0.29) is 18.6 Å². The molecule has 0 aliphatic carbocycles. The number of halogens is 1. The lowest BCUT2D eigenvalue weighted by Gasteiger charge is -2.34. The van der Waals surface area contributed by atoms with Crippen molar-refractivity contribution in [3.8, 4) is 11.1 Å². The van der Waals surface area contributed by atoms with Gasteiger partial charge in [-0.05, 0) is 49.6 Å². The Labute approximate surface area is 159 Å². The summed E-state index contributed by atoms with van der Waals surface area (Å²) in [6.07, 6.45) is 6.92. The molecule has 1 saturated heterocycles. The van der Waals surface area contributed by atoms with Crippen LogP contribution >= 0.6 is 0 Å². The number of benzene rings is 1. The molecule has 5 nitrogen and oxygen atoms in total. The summed E-state index contributed by atoms with van der Waals surface area (Å²) >= 11 is 0. The summed E-state index contributed by atoms with van der Waals surface area (Å²) in [5.74, 6) is -0.571.